The van der Waals surface area contributed by atoms with Crippen LogP contribution < -0.4 is 0 Å². The van der Waals surface area contributed by atoms with Gasteiger partial charge in [-0.3, -0.25) is 0 Å². The minimum Gasteiger partial charge on any atom is -0.389 e. The second-order valence-corrected chi connectivity index (χ2v) is 4.90. The number of aliphatic hydroxyl groups excluding tert-OH is 1. The average molecular weight is 210 g/mol. The van der Waals surface area contributed by atoms with Crippen molar-refractivity contribution < 1.29 is 9.84 Å². The minimum atomic E-state index is -0.374. The fourth-order valence-corrected chi connectivity index (χ4v) is 2.31. The van der Waals surface area contributed by atoms with Crippen LogP contribution in [0.25, 0.3) is 0 Å². The summed E-state index contributed by atoms with van der Waals surface area (Å²) in [6, 6.07) is 8.08. The molecule has 0 unspecified atom stereocenters. The predicted octanol–water partition coefficient (Wildman–Crippen LogP) is 2.23. The first-order valence-electron chi connectivity index (χ1n) is 4.78. The van der Waals surface area contributed by atoms with Crippen LogP contribution in [0, 0.1) is 0 Å². The van der Waals surface area contributed by atoms with Gasteiger partial charge in [0.25, 0.3) is 0 Å². The van der Waals surface area contributed by atoms with Gasteiger partial charge in [0.1, 0.15) is 0 Å². The first kappa shape index (κ1) is 10.0. The number of ether oxygens (including phenoxy) is 1. The van der Waals surface area contributed by atoms with Crippen LogP contribution in [-0.4, -0.2) is 23.6 Å². The molecule has 1 aromatic carbocycles. The molecule has 2 rings (SSSR count). The van der Waals surface area contributed by atoms with Crippen molar-refractivity contribution in [1.82, 2.24) is 0 Å². The van der Waals surface area contributed by atoms with Crippen LogP contribution in [0.5, 0.6) is 0 Å². The largest absolute Gasteiger partial charge is 0.389 e. The van der Waals surface area contributed by atoms with Crippen LogP contribution >= 0.6 is 11.8 Å². The van der Waals surface area contributed by atoms with Gasteiger partial charge in [-0.05, 0) is 24.6 Å². The van der Waals surface area contributed by atoms with E-state index in [1.165, 1.54) is 4.90 Å². The van der Waals surface area contributed by atoms with Crippen molar-refractivity contribution in [3.05, 3.63) is 29.8 Å². The Bertz CT molecular complexity index is 291. The summed E-state index contributed by atoms with van der Waals surface area (Å²) in [4.78, 5) is 1.25. The molecule has 0 amide bonds. The third kappa shape index (κ3) is 2.29. The van der Waals surface area contributed by atoms with Crippen LogP contribution in [0.2, 0.25) is 0 Å². The Morgan fingerprint density at radius 2 is 2.00 bits per heavy atom. The number of hydrogen-bond donors (Lipinski definition) is 1. The number of rotatable bonds is 3. The van der Waals surface area contributed by atoms with E-state index in [9.17, 15) is 5.11 Å². The molecule has 0 saturated carbocycles. The SMILES string of the molecule is C[C@H](O)c1ccc(SC2COC2)cc1. The summed E-state index contributed by atoms with van der Waals surface area (Å²) in [5.74, 6) is 0. The molecule has 76 valence electrons. The lowest BCUT2D eigenvalue weighted by atomic mass is 10.1. The molecule has 0 bridgehead atoms. The van der Waals surface area contributed by atoms with Crippen LogP contribution in [-0.2, 0) is 4.74 Å². The van der Waals surface area contributed by atoms with Gasteiger partial charge in [-0.1, -0.05) is 12.1 Å². The van der Waals surface area contributed by atoms with Gasteiger partial charge < -0.3 is 9.84 Å². The summed E-state index contributed by atoms with van der Waals surface area (Å²) in [6.45, 7) is 3.51. The summed E-state index contributed by atoms with van der Waals surface area (Å²) >= 11 is 1.84. The van der Waals surface area contributed by atoms with Crippen LogP contribution in [0.1, 0.15) is 18.6 Å². The number of hydrogen-bond acceptors (Lipinski definition) is 3. The highest BCUT2D eigenvalue weighted by Gasteiger charge is 2.19. The highest BCUT2D eigenvalue weighted by molar-refractivity contribution is 8.00. The lowest BCUT2D eigenvalue weighted by molar-refractivity contribution is 0.0455. The third-order valence-electron chi connectivity index (χ3n) is 2.27. The van der Waals surface area contributed by atoms with E-state index in [2.05, 4.69) is 12.1 Å². The zero-order chi connectivity index (χ0) is 9.97. The molecule has 1 aliphatic heterocycles. The quantitative estimate of drug-likeness (QED) is 0.829. The van der Waals surface area contributed by atoms with Crippen LogP contribution in [0.15, 0.2) is 29.2 Å². The fraction of sp³-hybridized carbons (Fsp3) is 0.455. The smallest absolute Gasteiger partial charge is 0.0761 e. The monoisotopic (exact) mass is 210 g/mol. The maximum atomic E-state index is 9.33. The first-order valence-corrected chi connectivity index (χ1v) is 5.66. The summed E-state index contributed by atoms with van der Waals surface area (Å²) in [6.07, 6.45) is -0.374. The van der Waals surface area contributed by atoms with E-state index in [0.29, 0.717) is 5.25 Å². The number of thioether (sulfide) groups is 1. The van der Waals surface area contributed by atoms with E-state index in [4.69, 9.17) is 4.74 Å². The zero-order valence-electron chi connectivity index (χ0n) is 8.14. The molecule has 1 fully saturated rings. The molecule has 2 nitrogen and oxygen atoms in total. The Morgan fingerprint density at radius 3 is 2.43 bits per heavy atom. The molecule has 3 heteroatoms. The minimum absolute atomic E-state index is 0.374. The molecule has 14 heavy (non-hydrogen) atoms. The molecule has 0 aliphatic carbocycles. The molecule has 1 aliphatic rings. The Hall–Kier alpha value is -0.510. The van der Waals surface area contributed by atoms with Crippen molar-refractivity contribution in [2.75, 3.05) is 13.2 Å². The highest BCUT2D eigenvalue weighted by atomic mass is 32.2. The molecular weight excluding hydrogens is 196 g/mol. The molecule has 0 aromatic heterocycles. The van der Waals surface area contributed by atoms with Crippen molar-refractivity contribution in [3.63, 3.8) is 0 Å². The van der Waals surface area contributed by atoms with E-state index in [1.807, 2.05) is 23.9 Å². The Kier molecular flexibility index (Phi) is 3.11. The number of aliphatic hydroxyl groups is 1. The zero-order valence-corrected chi connectivity index (χ0v) is 8.96. The predicted molar refractivity (Wildman–Crippen MR) is 57.5 cm³/mol. The second-order valence-electron chi connectivity index (χ2n) is 3.52. The van der Waals surface area contributed by atoms with E-state index < -0.39 is 0 Å². The summed E-state index contributed by atoms with van der Waals surface area (Å²) in [7, 11) is 0. The summed E-state index contributed by atoms with van der Waals surface area (Å²) in [5.41, 5.74) is 0.971. The molecular formula is C11H14O2S. The van der Waals surface area contributed by atoms with Gasteiger partial charge in [0.2, 0.25) is 0 Å². The third-order valence-corrected chi connectivity index (χ3v) is 3.42. The maximum Gasteiger partial charge on any atom is 0.0761 e. The normalized spacial score (nSPS) is 19.0. The van der Waals surface area contributed by atoms with Crippen molar-refractivity contribution in [3.8, 4) is 0 Å². The van der Waals surface area contributed by atoms with Gasteiger partial charge in [0, 0.05) is 4.90 Å². The van der Waals surface area contributed by atoms with Gasteiger partial charge >= 0.3 is 0 Å². The van der Waals surface area contributed by atoms with Gasteiger partial charge in [-0.15, -0.1) is 11.8 Å². The molecule has 0 radical (unpaired) electrons. The van der Waals surface area contributed by atoms with E-state index in [0.717, 1.165) is 18.8 Å². The molecule has 1 saturated heterocycles. The summed E-state index contributed by atoms with van der Waals surface area (Å²) in [5, 5.41) is 9.94. The van der Waals surface area contributed by atoms with Gasteiger partial charge in [0.05, 0.1) is 24.6 Å². The average Bonchev–Trinajstić information content (AvgIpc) is 2.12. The molecule has 0 spiro atoms. The van der Waals surface area contributed by atoms with E-state index >= 15 is 0 Å². The Labute approximate surface area is 88.3 Å². The lowest BCUT2D eigenvalue weighted by Gasteiger charge is -2.25. The van der Waals surface area contributed by atoms with E-state index in [1.54, 1.807) is 6.92 Å². The maximum absolute atomic E-state index is 9.33. The van der Waals surface area contributed by atoms with Gasteiger partial charge in [0.15, 0.2) is 0 Å². The van der Waals surface area contributed by atoms with Crippen molar-refractivity contribution in [2.45, 2.75) is 23.2 Å². The highest BCUT2D eigenvalue weighted by Crippen LogP contribution is 2.28. The Balaban J connectivity index is 1.98. The lowest BCUT2D eigenvalue weighted by Crippen LogP contribution is -2.29. The van der Waals surface area contributed by atoms with E-state index in [-0.39, 0.29) is 6.10 Å². The summed E-state index contributed by atoms with van der Waals surface area (Å²) < 4.78 is 5.11. The molecule has 1 heterocycles. The fourth-order valence-electron chi connectivity index (χ4n) is 1.30. The van der Waals surface area contributed by atoms with Crippen LogP contribution in [0.4, 0.5) is 0 Å². The topological polar surface area (TPSA) is 29.5 Å². The van der Waals surface area contributed by atoms with Crippen LogP contribution in [0.3, 0.4) is 0 Å². The van der Waals surface area contributed by atoms with Gasteiger partial charge in [-0.2, -0.15) is 0 Å². The van der Waals surface area contributed by atoms with Crippen molar-refractivity contribution >= 4 is 11.8 Å². The molecule has 1 atom stereocenters. The van der Waals surface area contributed by atoms with Gasteiger partial charge in [-0.25, -0.2) is 0 Å². The molecule has 1 N–H and O–H groups in total. The van der Waals surface area contributed by atoms with Crippen molar-refractivity contribution in [2.24, 2.45) is 0 Å². The second kappa shape index (κ2) is 4.34. The standard InChI is InChI=1S/C11H14O2S/c1-8(12)9-2-4-10(5-3-9)14-11-6-13-7-11/h2-5,8,11-12H,6-7H2,1H3/t8-/m0/s1. The Morgan fingerprint density at radius 1 is 1.36 bits per heavy atom. The van der Waals surface area contributed by atoms with Crippen molar-refractivity contribution in [1.29, 1.82) is 0 Å². The molecule has 1 aromatic rings. The number of benzene rings is 1. The first-order chi connectivity index (χ1) is 6.75.